The smallest absolute Gasteiger partial charge is 0.335 e. The summed E-state index contributed by atoms with van der Waals surface area (Å²) in [5.74, 6) is -1.44. The lowest BCUT2D eigenvalue weighted by atomic mass is 10.1. The topological polar surface area (TPSA) is 99.4 Å². The molecule has 3 aromatic carbocycles. The van der Waals surface area contributed by atoms with Crippen LogP contribution in [0.2, 0.25) is 15.1 Å². The molecule has 0 saturated carbocycles. The maximum atomic E-state index is 12.5. The molecule has 3 rings (SSSR count). The molecule has 3 aromatic rings. The highest BCUT2D eigenvalue weighted by Gasteiger charge is 2.14. The van der Waals surface area contributed by atoms with Gasteiger partial charge in [-0.25, -0.2) is 4.79 Å². The van der Waals surface area contributed by atoms with Crippen molar-refractivity contribution in [2.45, 2.75) is 6.61 Å². The monoisotopic (exact) mass is 500 g/mol. The van der Waals surface area contributed by atoms with E-state index in [0.717, 1.165) is 5.56 Å². The molecule has 0 atom stereocenters. The molecule has 0 radical (unpaired) electrons. The number of nitriles is 1. The number of nitrogens with one attached hydrogen (secondary N) is 1. The number of benzene rings is 3. The third-order valence-electron chi connectivity index (χ3n) is 4.40. The van der Waals surface area contributed by atoms with Gasteiger partial charge in [-0.2, -0.15) is 5.26 Å². The number of amides is 1. The van der Waals surface area contributed by atoms with Crippen LogP contribution in [-0.4, -0.2) is 17.0 Å². The first-order chi connectivity index (χ1) is 15.8. The van der Waals surface area contributed by atoms with Crippen molar-refractivity contribution in [3.63, 3.8) is 0 Å². The van der Waals surface area contributed by atoms with Crippen LogP contribution in [0.3, 0.4) is 0 Å². The van der Waals surface area contributed by atoms with Gasteiger partial charge in [-0.1, -0.05) is 59.1 Å². The number of nitrogens with zero attached hydrogens (tertiary/aromatic N) is 1. The third-order valence-corrected chi connectivity index (χ3v) is 5.29. The van der Waals surface area contributed by atoms with E-state index >= 15 is 0 Å². The standard InChI is InChI=1S/C24H15Cl3N2O4/c25-18-3-1-2-4-21(18)29-23(30)17(12-28)9-15-10-19(26)22(20(27)11-15)33-13-14-5-7-16(8-6-14)24(31)32/h1-11H,13H2,(H,29,30)(H,31,32)/b17-9+. The molecule has 33 heavy (non-hydrogen) atoms. The number of carbonyl (C=O) groups excluding carboxylic acids is 1. The number of anilines is 1. The molecule has 166 valence electrons. The molecule has 0 aliphatic heterocycles. The first-order valence-corrected chi connectivity index (χ1v) is 10.5. The van der Waals surface area contributed by atoms with Crippen molar-refractivity contribution in [1.82, 2.24) is 0 Å². The van der Waals surface area contributed by atoms with Crippen LogP contribution in [0.4, 0.5) is 5.69 Å². The maximum Gasteiger partial charge on any atom is 0.335 e. The Kier molecular flexibility index (Phi) is 7.96. The van der Waals surface area contributed by atoms with Crippen LogP contribution in [-0.2, 0) is 11.4 Å². The van der Waals surface area contributed by atoms with E-state index in [2.05, 4.69) is 5.32 Å². The lowest BCUT2D eigenvalue weighted by molar-refractivity contribution is -0.112. The van der Waals surface area contributed by atoms with Crippen molar-refractivity contribution in [2.75, 3.05) is 5.32 Å². The Labute approximate surface area is 204 Å². The first kappa shape index (κ1) is 24.1. The highest BCUT2D eigenvalue weighted by atomic mass is 35.5. The Morgan fingerprint density at radius 3 is 2.21 bits per heavy atom. The summed E-state index contributed by atoms with van der Waals surface area (Å²) in [7, 11) is 0. The Balaban J connectivity index is 1.75. The van der Waals surface area contributed by atoms with Gasteiger partial charge in [0.25, 0.3) is 5.91 Å². The lowest BCUT2D eigenvalue weighted by Gasteiger charge is -2.11. The molecule has 1 amide bonds. The number of rotatable bonds is 7. The van der Waals surface area contributed by atoms with Crippen molar-refractivity contribution in [2.24, 2.45) is 0 Å². The molecule has 9 heteroatoms. The van der Waals surface area contributed by atoms with E-state index in [1.165, 1.54) is 30.3 Å². The summed E-state index contributed by atoms with van der Waals surface area (Å²) in [6.45, 7) is 0.109. The van der Waals surface area contributed by atoms with Crippen LogP contribution in [0.1, 0.15) is 21.5 Å². The van der Waals surface area contributed by atoms with Gasteiger partial charge in [0.15, 0.2) is 5.75 Å². The number of hydrogen-bond donors (Lipinski definition) is 2. The summed E-state index contributed by atoms with van der Waals surface area (Å²) >= 11 is 18.7. The molecule has 0 fully saturated rings. The van der Waals surface area contributed by atoms with Gasteiger partial charge in [-0.05, 0) is 53.6 Å². The van der Waals surface area contributed by atoms with Crippen LogP contribution >= 0.6 is 34.8 Å². The van der Waals surface area contributed by atoms with Gasteiger partial charge in [0, 0.05) is 0 Å². The van der Waals surface area contributed by atoms with Gasteiger partial charge in [0.2, 0.25) is 0 Å². The maximum absolute atomic E-state index is 12.5. The highest BCUT2D eigenvalue weighted by Crippen LogP contribution is 2.35. The number of carbonyl (C=O) groups is 2. The zero-order chi connectivity index (χ0) is 24.0. The predicted octanol–water partition coefficient (Wildman–Crippen LogP) is 6.47. The minimum absolute atomic E-state index is 0.109. The summed E-state index contributed by atoms with van der Waals surface area (Å²) in [5.41, 5.74) is 1.52. The van der Waals surface area contributed by atoms with Gasteiger partial charge in [-0.15, -0.1) is 0 Å². The summed E-state index contributed by atoms with van der Waals surface area (Å²) in [5, 5.41) is 21.7. The molecule has 0 unspecified atom stereocenters. The van der Waals surface area contributed by atoms with Crippen LogP contribution in [0.25, 0.3) is 6.08 Å². The van der Waals surface area contributed by atoms with Crippen molar-refractivity contribution in [3.8, 4) is 11.8 Å². The van der Waals surface area contributed by atoms with Crippen molar-refractivity contribution in [3.05, 3.63) is 98.0 Å². The number of ether oxygens (including phenoxy) is 1. The zero-order valence-electron chi connectivity index (χ0n) is 16.8. The normalized spacial score (nSPS) is 10.9. The van der Waals surface area contributed by atoms with E-state index in [4.69, 9.17) is 44.6 Å². The molecule has 2 N–H and O–H groups in total. The number of para-hydroxylation sites is 1. The fraction of sp³-hybridized carbons (Fsp3) is 0.0417. The van der Waals surface area contributed by atoms with Gasteiger partial charge in [0.1, 0.15) is 18.2 Å². The van der Waals surface area contributed by atoms with Crippen LogP contribution in [0, 0.1) is 11.3 Å². The summed E-state index contributed by atoms with van der Waals surface area (Å²) in [6.07, 6.45) is 1.35. The molecule has 0 aromatic heterocycles. The minimum Gasteiger partial charge on any atom is -0.486 e. The molecule has 0 bridgehead atoms. The van der Waals surface area contributed by atoms with Gasteiger partial charge >= 0.3 is 5.97 Å². The van der Waals surface area contributed by atoms with E-state index in [1.807, 2.05) is 6.07 Å². The van der Waals surface area contributed by atoms with E-state index in [-0.39, 0.29) is 33.5 Å². The zero-order valence-corrected chi connectivity index (χ0v) is 19.1. The number of carboxylic acids is 1. The Morgan fingerprint density at radius 2 is 1.64 bits per heavy atom. The van der Waals surface area contributed by atoms with Gasteiger partial charge in [0.05, 0.1) is 26.3 Å². The molecule has 0 aliphatic carbocycles. The Morgan fingerprint density at radius 1 is 1.00 bits per heavy atom. The Bertz CT molecular complexity index is 1260. The highest BCUT2D eigenvalue weighted by molar-refractivity contribution is 6.37. The number of hydrogen-bond acceptors (Lipinski definition) is 4. The molecular formula is C24H15Cl3N2O4. The molecular weight excluding hydrogens is 487 g/mol. The minimum atomic E-state index is -1.02. The van der Waals surface area contributed by atoms with Crippen molar-refractivity contribution < 1.29 is 19.4 Å². The third kappa shape index (κ3) is 6.27. The lowest BCUT2D eigenvalue weighted by Crippen LogP contribution is -2.13. The summed E-state index contributed by atoms with van der Waals surface area (Å²) < 4.78 is 5.69. The van der Waals surface area contributed by atoms with Crippen LogP contribution in [0.15, 0.2) is 66.2 Å². The first-order valence-electron chi connectivity index (χ1n) is 9.40. The van der Waals surface area contributed by atoms with E-state index in [9.17, 15) is 14.9 Å². The average molecular weight is 502 g/mol. The van der Waals surface area contributed by atoms with Crippen LogP contribution < -0.4 is 10.1 Å². The quantitative estimate of drug-likeness (QED) is 0.285. The average Bonchev–Trinajstić information content (AvgIpc) is 2.78. The molecule has 6 nitrogen and oxygen atoms in total. The number of halogens is 3. The summed E-state index contributed by atoms with van der Waals surface area (Å²) in [6, 6.07) is 17.7. The van der Waals surface area contributed by atoms with Gasteiger partial charge < -0.3 is 15.2 Å². The second kappa shape index (κ2) is 10.9. The van der Waals surface area contributed by atoms with E-state index in [0.29, 0.717) is 16.3 Å². The Hall–Kier alpha value is -3.50. The fourth-order valence-electron chi connectivity index (χ4n) is 2.77. The predicted molar refractivity (Wildman–Crippen MR) is 128 cm³/mol. The second-order valence-corrected chi connectivity index (χ2v) is 7.93. The van der Waals surface area contributed by atoms with Crippen molar-refractivity contribution >= 4 is 58.4 Å². The van der Waals surface area contributed by atoms with E-state index < -0.39 is 11.9 Å². The van der Waals surface area contributed by atoms with E-state index in [1.54, 1.807) is 36.4 Å². The van der Waals surface area contributed by atoms with Gasteiger partial charge in [-0.3, -0.25) is 4.79 Å². The molecule has 0 aliphatic rings. The largest absolute Gasteiger partial charge is 0.486 e. The molecule has 0 heterocycles. The molecule has 0 spiro atoms. The number of aromatic carboxylic acids is 1. The SMILES string of the molecule is N#C/C(=C\c1cc(Cl)c(OCc2ccc(C(=O)O)cc2)c(Cl)c1)C(=O)Nc1ccccc1Cl. The fourth-order valence-corrected chi connectivity index (χ4v) is 3.56. The van der Waals surface area contributed by atoms with Crippen LogP contribution in [0.5, 0.6) is 5.75 Å². The summed E-state index contributed by atoms with van der Waals surface area (Å²) in [4.78, 5) is 23.4. The second-order valence-electron chi connectivity index (χ2n) is 6.71. The number of carboxylic acid groups (broad SMARTS) is 1. The van der Waals surface area contributed by atoms with Crippen molar-refractivity contribution in [1.29, 1.82) is 5.26 Å². The molecule has 0 saturated heterocycles.